The number of hydrogen-bond donors (Lipinski definition) is 1. The van der Waals surface area contributed by atoms with Gasteiger partial charge in [-0.05, 0) is 12.8 Å². The fourth-order valence-electron chi connectivity index (χ4n) is 1.79. The van der Waals surface area contributed by atoms with E-state index >= 15 is 0 Å². The Hall–Kier alpha value is -1.59. The highest BCUT2D eigenvalue weighted by atomic mass is 16.2. The van der Waals surface area contributed by atoms with Crippen LogP contribution in [0.25, 0.3) is 0 Å². The van der Waals surface area contributed by atoms with Crippen molar-refractivity contribution in [1.29, 1.82) is 0 Å². The largest absolute Gasteiger partial charge is 0.354 e. The van der Waals surface area contributed by atoms with Gasteiger partial charge in [0.1, 0.15) is 0 Å². The molecular weight excluding hydrogens is 234 g/mol. The predicted molar refractivity (Wildman–Crippen MR) is 66.8 cm³/mol. The van der Waals surface area contributed by atoms with Crippen molar-refractivity contribution < 1.29 is 14.4 Å². The third-order valence-electron chi connectivity index (χ3n) is 2.92. The van der Waals surface area contributed by atoms with Gasteiger partial charge in [0, 0.05) is 40.0 Å². The van der Waals surface area contributed by atoms with E-state index in [2.05, 4.69) is 5.32 Å². The molecule has 6 heteroatoms. The standard InChI is InChI=1S/C12H21N3O3/c1-14(2)11(17)6-7-13-10(16)9-15-8-4-3-5-12(15)18/h3-9H2,1-2H3,(H,13,16). The number of hydrogen-bond acceptors (Lipinski definition) is 3. The number of likely N-dealkylation sites (tertiary alicyclic amines) is 1. The van der Waals surface area contributed by atoms with Crippen molar-refractivity contribution in [3.63, 3.8) is 0 Å². The first-order valence-corrected chi connectivity index (χ1v) is 6.25. The van der Waals surface area contributed by atoms with Gasteiger partial charge in [0.25, 0.3) is 0 Å². The number of rotatable bonds is 5. The molecule has 1 heterocycles. The lowest BCUT2D eigenvalue weighted by molar-refractivity contribution is -0.138. The normalized spacial score (nSPS) is 15.4. The molecule has 3 amide bonds. The van der Waals surface area contributed by atoms with Crippen LogP contribution in [0.5, 0.6) is 0 Å². The average Bonchev–Trinajstić information content (AvgIpc) is 2.32. The Labute approximate surface area is 107 Å². The summed E-state index contributed by atoms with van der Waals surface area (Å²) in [6.45, 7) is 1.08. The van der Waals surface area contributed by atoms with Gasteiger partial charge in [-0.3, -0.25) is 14.4 Å². The van der Waals surface area contributed by atoms with Crippen molar-refractivity contribution in [2.45, 2.75) is 25.7 Å². The zero-order valence-corrected chi connectivity index (χ0v) is 11.1. The van der Waals surface area contributed by atoms with Gasteiger partial charge in [-0.1, -0.05) is 0 Å². The maximum absolute atomic E-state index is 11.6. The van der Waals surface area contributed by atoms with Crippen molar-refractivity contribution in [1.82, 2.24) is 15.1 Å². The summed E-state index contributed by atoms with van der Waals surface area (Å²) in [6, 6.07) is 0. The van der Waals surface area contributed by atoms with Crippen molar-refractivity contribution in [2.24, 2.45) is 0 Å². The molecule has 0 spiro atoms. The van der Waals surface area contributed by atoms with E-state index in [1.807, 2.05) is 0 Å². The zero-order chi connectivity index (χ0) is 13.5. The lowest BCUT2D eigenvalue weighted by Crippen LogP contribution is -2.43. The van der Waals surface area contributed by atoms with Crippen LogP contribution in [-0.4, -0.2) is 61.3 Å². The van der Waals surface area contributed by atoms with Gasteiger partial charge >= 0.3 is 0 Å². The van der Waals surface area contributed by atoms with Crippen LogP contribution in [0.2, 0.25) is 0 Å². The number of carbonyl (C=O) groups is 3. The second-order valence-corrected chi connectivity index (χ2v) is 4.66. The van der Waals surface area contributed by atoms with E-state index in [1.54, 1.807) is 19.0 Å². The number of piperidine rings is 1. The molecule has 0 bridgehead atoms. The fourth-order valence-corrected chi connectivity index (χ4v) is 1.79. The summed E-state index contributed by atoms with van der Waals surface area (Å²) in [4.78, 5) is 37.4. The molecule has 0 radical (unpaired) electrons. The van der Waals surface area contributed by atoms with E-state index in [0.717, 1.165) is 12.8 Å². The molecule has 1 rings (SSSR count). The van der Waals surface area contributed by atoms with Crippen LogP contribution in [0, 0.1) is 0 Å². The summed E-state index contributed by atoms with van der Waals surface area (Å²) in [5.74, 6) is -0.179. The molecule has 1 N–H and O–H groups in total. The first kappa shape index (κ1) is 14.5. The van der Waals surface area contributed by atoms with Crippen molar-refractivity contribution >= 4 is 17.7 Å². The van der Waals surface area contributed by atoms with Crippen LogP contribution < -0.4 is 5.32 Å². The Morgan fingerprint density at radius 3 is 2.67 bits per heavy atom. The van der Waals surface area contributed by atoms with E-state index in [1.165, 1.54) is 4.90 Å². The Morgan fingerprint density at radius 1 is 1.33 bits per heavy atom. The van der Waals surface area contributed by atoms with Crippen molar-refractivity contribution in [3.05, 3.63) is 0 Å². The van der Waals surface area contributed by atoms with Crippen molar-refractivity contribution in [3.8, 4) is 0 Å². The van der Waals surface area contributed by atoms with Gasteiger partial charge in [-0.25, -0.2) is 0 Å². The second-order valence-electron chi connectivity index (χ2n) is 4.66. The molecule has 0 aliphatic carbocycles. The molecule has 6 nitrogen and oxygen atoms in total. The molecule has 1 aliphatic rings. The number of amides is 3. The number of nitrogens with zero attached hydrogens (tertiary/aromatic N) is 2. The Morgan fingerprint density at radius 2 is 2.06 bits per heavy atom. The second kappa shape index (κ2) is 6.98. The van der Waals surface area contributed by atoms with E-state index in [4.69, 9.17) is 0 Å². The maximum Gasteiger partial charge on any atom is 0.239 e. The minimum absolute atomic E-state index is 0.0238. The SMILES string of the molecule is CN(C)C(=O)CCNC(=O)CN1CCCCC1=O. The molecule has 0 aromatic rings. The summed E-state index contributed by atoms with van der Waals surface area (Å²) in [7, 11) is 3.35. The first-order chi connectivity index (χ1) is 8.50. The minimum Gasteiger partial charge on any atom is -0.354 e. The van der Waals surface area contributed by atoms with Crippen LogP contribution in [0.1, 0.15) is 25.7 Å². The van der Waals surface area contributed by atoms with E-state index < -0.39 is 0 Å². The molecule has 0 unspecified atom stereocenters. The Kier molecular flexibility index (Phi) is 5.61. The van der Waals surface area contributed by atoms with Crippen LogP contribution in [0.15, 0.2) is 0 Å². The smallest absolute Gasteiger partial charge is 0.239 e. The molecule has 102 valence electrons. The van der Waals surface area contributed by atoms with Crippen LogP contribution in [-0.2, 0) is 14.4 Å². The highest BCUT2D eigenvalue weighted by Crippen LogP contribution is 2.09. The summed E-state index contributed by atoms with van der Waals surface area (Å²) in [6.07, 6.45) is 2.69. The predicted octanol–water partition coefficient (Wildman–Crippen LogP) is -0.407. The van der Waals surface area contributed by atoms with Gasteiger partial charge in [0.05, 0.1) is 6.54 Å². The van der Waals surface area contributed by atoms with E-state index in [0.29, 0.717) is 19.5 Å². The highest BCUT2D eigenvalue weighted by molar-refractivity contribution is 5.85. The summed E-state index contributed by atoms with van der Waals surface area (Å²) >= 11 is 0. The lowest BCUT2D eigenvalue weighted by Gasteiger charge is -2.25. The van der Waals surface area contributed by atoms with Gasteiger partial charge in [-0.15, -0.1) is 0 Å². The van der Waals surface area contributed by atoms with Crippen LogP contribution in [0.4, 0.5) is 0 Å². The van der Waals surface area contributed by atoms with Gasteiger partial charge in [0.2, 0.25) is 17.7 Å². The molecule has 0 atom stereocenters. The van der Waals surface area contributed by atoms with Gasteiger partial charge in [0.15, 0.2) is 0 Å². The molecule has 1 fully saturated rings. The molecule has 0 aromatic carbocycles. The van der Waals surface area contributed by atoms with E-state index in [9.17, 15) is 14.4 Å². The number of nitrogens with one attached hydrogen (secondary N) is 1. The Balaban J connectivity index is 2.21. The molecular formula is C12H21N3O3. The summed E-state index contributed by atoms with van der Waals surface area (Å²) in [5.41, 5.74) is 0. The maximum atomic E-state index is 11.6. The quantitative estimate of drug-likeness (QED) is 0.726. The van der Waals surface area contributed by atoms with Gasteiger partial charge in [-0.2, -0.15) is 0 Å². The third kappa shape index (κ3) is 4.73. The highest BCUT2D eigenvalue weighted by Gasteiger charge is 2.20. The Bertz CT molecular complexity index is 329. The topological polar surface area (TPSA) is 69.7 Å². The first-order valence-electron chi connectivity index (χ1n) is 6.25. The summed E-state index contributed by atoms with van der Waals surface area (Å²) in [5, 5.41) is 2.66. The van der Waals surface area contributed by atoms with E-state index in [-0.39, 0.29) is 30.7 Å². The number of carbonyl (C=O) groups excluding carboxylic acids is 3. The fraction of sp³-hybridized carbons (Fsp3) is 0.750. The van der Waals surface area contributed by atoms with Crippen LogP contribution in [0.3, 0.4) is 0 Å². The average molecular weight is 255 g/mol. The molecule has 18 heavy (non-hydrogen) atoms. The lowest BCUT2D eigenvalue weighted by atomic mass is 10.1. The van der Waals surface area contributed by atoms with Gasteiger partial charge < -0.3 is 15.1 Å². The van der Waals surface area contributed by atoms with Crippen LogP contribution >= 0.6 is 0 Å². The minimum atomic E-state index is -0.197. The zero-order valence-electron chi connectivity index (χ0n) is 11.1. The monoisotopic (exact) mass is 255 g/mol. The summed E-state index contributed by atoms with van der Waals surface area (Å²) < 4.78 is 0. The molecule has 1 saturated heterocycles. The third-order valence-corrected chi connectivity index (χ3v) is 2.92. The molecule has 1 aliphatic heterocycles. The molecule has 0 saturated carbocycles. The molecule has 0 aromatic heterocycles. The van der Waals surface area contributed by atoms with Crippen molar-refractivity contribution in [2.75, 3.05) is 33.7 Å².